The molecule has 0 bridgehead atoms. The summed E-state index contributed by atoms with van der Waals surface area (Å²) in [7, 11) is 1.55. The number of rotatable bonds is 4. The van der Waals surface area contributed by atoms with E-state index in [4.69, 9.17) is 4.74 Å². The van der Waals surface area contributed by atoms with Gasteiger partial charge in [-0.05, 0) is 49.4 Å². The first-order valence-electron chi connectivity index (χ1n) is 10.0. The third-order valence-electron chi connectivity index (χ3n) is 5.34. The van der Waals surface area contributed by atoms with Gasteiger partial charge in [-0.3, -0.25) is 9.59 Å². The fraction of sp³-hybridized carbons (Fsp3) is 0.304. The Kier molecular flexibility index (Phi) is 5.61. The summed E-state index contributed by atoms with van der Waals surface area (Å²) in [5.41, 5.74) is 1.16. The summed E-state index contributed by atoms with van der Waals surface area (Å²) in [6, 6.07) is 14.9. The Labute approximate surface area is 175 Å². The van der Waals surface area contributed by atoms with Crippen LogP contribution in [-0.4, -0.2) is 46.9 Å². The molecule has 30 heavy (non-hydrogen) atoms. The van der Waals surface area contributed by atoms with E-state index in [2.05, 4.69) is 15.3 Å². The minimum atomic E-state index is -0.285. The van der Waals surface area contributed by atoms with Crippen molar-refractivity contribution in [1.82, 2.24) is 14.9 Å². The van der Waals surface area contributed by atoms with Gasteiger partial charge in [0.25, 0.3) is 5.91 Å². The summed E-state index contributed by atoms with van der Waals surface area (Å²) < 4.78 is 5.39. The number of hydrogen-bond donors (Lipinski definition) is 1. The number of hydrogen-bond acceptors (Lipinski definition) is 5. The van der Waals surface area contributed by atoms with Gasteiger partial charge in [0.15, 0.2) is 0 Å². The predicted octanol–water partition coefficient (Wildman–Crippen LogP) is 3.44. The van der Waals surface area contributed by atoms with E-state index in [1.54, 1.807) is 24.1 Å². The first-order valence-corrected chi connectivity index (χ1v) is 10.0. The van der Waals surface area contributed by atoms with Gasteiger partial charge in [-0.2, -0.15) is 0 Å². The lowest BCUT2D eigenvalue weighted by molar-refractivity contribution is -0.121. The Balaban J connectivity index is 1.51. The van der Waals surface area contributed by atoms with E-state index in [0.717, 1.165) is 29.3 Å². The molecule has 3 aromatic rings. The van der Waals surface area contributed by atoms with E-state index in [-0.39, 0.29) is 17.7 Å². The molecule has 1 N–H and O–H groups in total. The molecule has 0 saturated carbocycles. The van der Waals surface area contributed by atoms with Crippen molar-refractivity contribution in [3.8, 4) is 5.88 Å². The summed E-state index contributed by atoms with van der Waals surface area (Å²) in [4.78, 5) is 36.3. The van der Waals surface area contributed by atoms with Crippen LogP contribution in [0.15, 0.2) is 48.5 Å². The van der Waals surface area contributed by atoms with Gasteiger partial charge in [0.2, 0.25) is 11.8 Å². The van der Waals surface area contributed by atoms with Crippen molar-refractivity contribution >= 4 is 28.4 Å². The Bertz CT molecular complexity index is 1100. The lowest BCUT2D eigenvalue weighted by atomic mass is 9.96. The molecule has 1 saturated heterocycles. The fourth-order valence-corrected chi connectivity index (χ4v) is 3.81. The smallest absolute Gasteiger partial charge is 0.272 e. The van der Waals surface area contributed by atoms with Crippen molar-refractivity contribution in [2.24, 2.45) is 5.92 Å². The van der Waals surface area contributed by atoms with Crippen LogP contribution in [0.25, 0.3) is 10.8 Å². The van der Waals surface area contributed by atoms with Gasteiger partial charge in [-0.15, -0.1) is 0 Å². The van der Waals surface area contributed by atoms with Crippen molar-refractivity contribution in [2.45, 2.75) is 19.8 Å². The molecule has 0 aliphatic carbocycles. The highest BCUT2D eigenvalue weighted by molar-refractivity contribution is 5.99. The molecule has 7 nitrogen and oxygen atoms in total. The van der Waals surface area contributed by atoms with Crippen molar-refractivity contribution in [2.75, 3.05) is 25.5 Å². The van der Waals surface area contributed by atoms with E-state index in [1.807, 2.05) is 43.3 Å². The normalized spacial score (nSPS) is 16.3. The topological polar surface area (TPSA) is 84.4 Å². The zero-order valence-corrected chi connectivity index (χ0v) is 17.1. The number of carbonyl (C=O) groups is 2. The summed E-state index contributed by atoms with van der Waals surface area (Å²) in [5.74, 6) is 0.366. The average Bonchev–Trinajstić information content (AvgIpc) is 2.78. The van der Waals surface area contributed by atoms with Gasteiger partial charge in [-0.25, -0.2) is 9.97 Å². The van der Waals surface area contributed by atoms with E-state index >= 15 is 0 Å². The molecule has 2 amide bonds. The highest BCUT2D eigenvalue weighted by Gasteiger charge is 2.30. The second kappa shape index (κ2) is 8.49. The monoisotopic (exact) mass is 404 g/mol. The van der Waals surface area contributed by atoms with Gasteiger partial charge < -0.3 is 15.0 Å². The van der Waals surface area contributed by atoms with Gasteiger partial charge in [0.1, 0.15) is 11.5 Å². The molecule has 0 spiro atoms. The maximum absolute atomic E-state index is 13.1. The van der Waals surface area contributed by atoms with Crippen LogP contribution in [0.3, 0.4) is 0 Å². The fourth-order valence-electron chi connectivity index (χ4n) is 3.81. The largest absolute Gasteiger partial charge is 0.481 e. The number of aromatic nitrogens is 2. The molecule has 3 heterocycles. The van der Waals surface area contributed by atoms with Gasteiger partial charge >= 0.3 is 0 Å². The average molecular weight is 404 g/mol. The van der Waals surface area contributed by atoms with Crippen LogP contribution in [0.5, 0.6) is 5.88 Å². The number of anilines is 1. The molecule has 1 fully saturated rings. The van der Waals surface area contributed by atoms with Gasteiger partial charge in [0, 0.05) is 24.2 Å². The zero-order valence-electron chi connectivity index (χ0n) is 17.1. The SMILES string of the molecule is COc1nc(C(=O)N2CCC[C@H](C(=O)Nc3cccc(C)n3)C2)cc2ccccc12. The second-order valence-electron chi connectivity index (χ2n) is 7.48. The minimum Gasteiger partial charge on any atom is -0.481 e. The molecular weight excluding hydrogens is 380 g/mol. The summed E-state index contributed by atoms with van der Waals surface area (Å²) in [6.45, 7) is 2.83. The van der Waals surface area contributed by atoms with Crippen molar-refractivity contribution in [1.29, 1.82) is 0 Å². The van der Waals surface area contributed by atoms with Crippen LogP contribution in [0.1, 0.15) is 29.0 Å². The van der Waals surface area contributed by atoms with Crippen molar-refractivity contribution in [3.63, 3.8) is 0 Å². The van der Waals surface area contributed by atoms with Gasteiger partial charge in [0.05, 0.1) is 13.0 Å². The van der Waals surface area contributed by atoms with E-state index in [1.165, 1.54) is 0 Å². The molecule has 1 atom stereocenters. The number of nitrogens with zero attached hydrogens (tertiary/aromatic N) is 3. The number of nitrogens with one attached hydrogen (secondary N) is 1. The Hall–Kier alpha value is -3.48. The third kappa shape index (κ3) is 4.10. The van der Waals surface area contributed by atoms with Crippen LogP contribution in [0.4, 0.5) is 5.82 Å². The lowest BCUT2D eigenvalue weighted by Gasteiger charge is -2.31. The molecular formula is C23H24N4O3. The van der Waals surface area contributed by atoms with Crippen molar-refractivity contribution in [3.05, 3.63) is 59.9 Å². The number of piperidine rings is 1. The van der Waals surface area contributed by atoms with E-state index in [9.17, 15) is 9.59 Å². The van der Waals surface area contributed by atoms with Crippen LogP contribution in [-0.2, 0) is 4.79 Å². The van der Waals surface area contributed by atoms with Gasteiger partial charge in [-0.1, -0.05) is 24.3 Å². The molecule has 1 aliphatic rings. The highest BCUT2D eigenvalue weighted by atomic mass is 16.5. The molecule has 1 aliphatic heterocycles. The second-order valence-corrected chi connectivity index (χ2v) is 7.48. The molecule has 1 aromatic carbocycles. The minimum absolute atomic E-state index is 0.116. The number of ether oxygens (including phenoxy) is 1. The molecule has 0 unspecified atom stereocenters. The maximum atomic E-state index is 13.1. The summed E-state index contributed by atoms with van der Waals surface area (Å²) in [6.07, 6.45) is 1.49. The number of methoxy groups -OCH3 is 1. The van der Waals surface area contributed by atoms with Crippen LogP contribution >= 0.6 is 0 Å². The molecule has 4 rings (SSSR count). The number of fused-ring (bicyclic) bond motifs is 1. The molecule has 154 valence electrons. The highest BCUT2D eigenvalue weighted by Crippen LogP contribution is 2.26. The Morgan fingerprint density at radius 1 is 1.13 bits per heavy atom. The number of pyridine rings is 2. The van der Waals surface area contributed by atoms with Crippen LogP contribution in [0.2, 0.25) is 0 Å². The molecule has 7 heteroatoms. The first-order chi connectivity index (χ1) is 14.5. The Morgan fingerprint density at radius 3 is 2.77 bits per heavy atom. The quantitative estimate of drug-likeness (QED) is 0.720. The predicted molar refractivity (Wildman–Crippen MR) is 115 cm³/mol. The van der Waals surface area contributed by atoms with Crippen LogP contribution < -0.4 is 10.1 Å². The number of carbonyl (C=O) groups excluding carboxylic acids is 2. The Morgan fingerprint density at radius 2 is 1.97 bits per heavy atom. The number of aryl methyl sites for hydroxylation is 1. The maximum Gasteiger partial charge on any atom is 0.272 e. The van der Waals surface area contributed by atoms with E-state index < -0.39 is 0 Å². The number of amides is 2. The number of benzene rings is 1. The summed E-state index contributed by atoms with van der Waals surface area (Å²) in [5, 5.41) is 4.62. The zero-order chi connectivity index (χ0) is 21.1. The standard InChI is InChI=1S/C23H24N4O3/c1-15-7-5-11-20(24-15)26-21(28)17-9-6-12-27(14-17)23(29)19-13-16-8-3-4-10-18(16)22(25-19)30-2/h3-5,7-8,10-11,13,17H,6,9,12,14H2,1-2H3,(H,24,26,28)/t17-/m0/s1. The molecule has 0 radical (unpaired) electrons. The van der Waals surface area contributed by atoms with Crippen molar-refractivity contribution < 1.29 is 14.3 Å². The van der Waals surface area contributed by atoms with Crippen LogP contribution in [0, 0.1) is 12.8 Å². The first kappa shape index (κ1) is 19.8. The van der Waals surface area contributed by atoms with E-state index in [0.29, 0.717) is 30.5 Å². The molecule has 2 aromatic heterocycles. The number of likely N-dealkylation sites (tertiary alicyclic amines) is 1. The lowest BCUT2D eigenvalue weighted by Crippen LogP contribution is -2.44. The summed E-state index contributed by atoms with van der Waals surface area (Å²) >= 11 is 0. The third-order valence-corrected chi connectivity index (χ3v) is 5.34.